The first-order valence-electron chi connectivity index (χ1n) is 5.75. The number of hydrogen-bond acceptors (Lipinski definition) is 3. The fourth-order valence-electron chi connectivity index (χ4n) is 1.51. The van der Waals surface area contributed by atoms with Crippen molar-refractivity contribution >= 4 is 5.78 Å². The van der Waals surface area contributed by atoms with E-state index in [2.05, 4.69) is 0 Å². The van der Waals surface area contributed by atoms with Crippen LogP contribution in [-0.2, 0) is 0 Å². The van der Waals surface area contributed by atoms with Crippen molar-refractivity contribution in [1.82, 2.24) is 0 Å². The van der Waals surface area contributed by atoms with Gasteiger partial charge in [0.05, 0.1) is 6.61 Å². The van der Waals surface area contributed by atoms with Crippen LogP contribution in [0.3, 0.4) is 0 Å². The number of ether oxygens (including phenoxy) is 1. The van der Waals surface area contributed by atoms with E-state index in [1.54, 1.807) is 12.1 Å². The number of carbonyl (C=O) groups excluding carboxylic acids is 1. The van der Waals surface area contributed by atoms with Crippen molar-refractivity contribution in [3.63, 3.8) is 0 Å². The Labute approximate surface area is 95.6 Å². The van der Waals surface area contributed by atoms with Crippen molar-refractivity contribution in [3.8, 4) is 5.75 Å². The second kappa shape index (κ2) is 5.12. The Bertz CT molecular complexity index is 355. The molecule has 1 saturated carbocycles. The zero-order valence-corrected chi connectivity index (χ0v) is 9.32. The first-order valence-corrected chi connectivity index (χ1v) is 5.75. The Morgan fingerprint density at radius 3 is 2.56 bits per heavy atom. The molecule has 1 aromatic carbocycles. The third-order valence-corrected chi connectivity index (χ3v) is 2.73. The maximum atomic E-state index is 11.5. The lowest BCUT2D eigenvalue weighted by atomic mass is 10.1. The fraction of sp³-hybridized carbons (Fsp3) is 0.462. The molecular weight excluding hydrogens is 202 g/mol. The summed E-state index contributed by atoms with van der Waals surface area (Å²) in [4.78, 5) is 11.5. The minimum Gasteiger partial charge on any atom is -0.493 e. The van der Waals surface area contributed by atoms with Crippen molar-refractivity contribution in [2.45, 2.75) is 19.3 Å². The van der Waals surface area contributed by atoms with Crippen molar-refractivity contribution < 1.29 is 9.53 Å². The van der Waals surface area contributed by atoms with E-state index >= 15 is 0 Å². The van der Waals surface area contributed by atoms with Crippen LogP contribution in [0.25, 0.3) is 0 Å². The summed E-state index contributed by atoms with van der Waals surface area (Å²) in [5, 5.41) is 0. The molecule has 1 aromatic rings. The molecule has 0 bridgehead atoms. The van der Waals surface area contributed by atoms with Crippen LogP contribution in [-0.4, -0.2) is 18.9 Å². The minimum absolute atomic E-state index is 0.0937. The van der Waals surface area contributed by atoms with Gasteiger partial charge in [0.2, 0.25) is 0 Å². The number of ketones is 1. The Morgan fingerprint density at radius 2 is 2.00 bits per heavy atom. The van der Waals surface area contributed by atoms with Crippen molar-refractivity contribution in [2.75, 3.05) is 13.2 Å². The van der Waals surface area contributed by atoms with Gasteiger partial charge in [0.15, 0.2) is 5.78 Å². The summed E-state index contributed by atoms with van der Waals surface area (Å²) in [6.45, 7) is 1.20. The van der Waals surface area contributed by atoms with Gasteiger partial charge in [0.1, 0.15) is 5.75 Å². The van der Waals surface area contributed by atoms with Crippen LogP contribution < -0.4 is 10.5 Å². The summed E-state index contributed by atoms with van der Waals surface area (Å²) in [6.07, 6.45) is 2.97. The van der Waals surface area contributed by atoms with E-state index in [1.165, 1.54) is 12.8 Å². The topological polar surface area (TPSA) is 52.3 Å². The van der Waals surface area contributed by atoms with E-state index in [1.807, 2.05) is 12.1 Å². The summed E-state index contributed by atoms with van der Waals surface area (Å²) in [5.41, 5.74) is 6.05. The zero-order chi connectivity index (χ0) is 11.4. The van der Waals surface area contributed by atoms with Crippen molar-refractivity contribution in [1.29, 1.82) is 0 Å². The second-order valence-corrected chi connectivity index (χ2v) is 4.24. The molecule has 0 radical (unpaired) electrons. The SMILES string of the molecule is NCCC(=O)c1ccc(OCC2CC2)cc1. The fourth-order valence-corrected chi connectivity index (χ4v) is 1.51. The van der Waals surface area contributed by atoms with Gasteiger partial charge in [-0.15, -0.1) is 0 Å². The number of benzene rings is 1. The molecule has 0 aliphatic heterocycles. The molecule has 0 unspecified atom stereocenters. The van der Waals surface area contributed by atoms with Gasteiger partial charge in [-0.1, -0.05) is 0 Å². The van der Waals surface area contributed by atoms with Gasteiger partial charge in [-0.05, 0) is 49.6 Å². The smallest absolute Gasteiger partial charge is 0.164 e. The van der Waals surface area contributed by atoms with Gasteiger partial charge in [-0.3, -0.25) is 4.79 Å². The van der Waals surface area contributed by atoms with Crippen LogP contribution in [0, 0.1) is 5.92 Å². The maximum absolute atomic E-state index is 11.5. The molecule has 0 atom stereocenters. The molecule has 0 spiro atoms. The Balaban J connectivity index is 1.89. The van der Waals surface area contributed by atoms with Crippen LogP contribution in [0.5, 0.6) is 5.75 Å². The van der Waals surface area contributed by atoms with Crippen LogP contribution in [0.15, 0.2) is 24.3 Å². The summed E-state index contributed by atoms with van der Waals surface area (Å²) in [7, 11) is 0. The predicted molar refractivity (Wildman–Crippen MR) is 62.7 cm³/mol. The number of carbonyl (C=O) groups is 1. The predicted octanol–water partition coefficient (Wildman–Crippen LogP) is 2.01. The molecule has 2 rings (SSSR count). The minimum atomic E-state index is 0.0937. The third kappa shape index (κ3) is 3.07. The summed E-state index contributed by atoms with van der Waals surface area (Å²) >= 11 is 0. The lowest BCUT2D eigenvalue weighted by molar-refractivity contribution is 0.0985. The summed E-state index contributed by atoms with van der Waals surface area (Å²) in [5.74, 6) is 1.69. The molecule has 1 aliphatic rings. The molecule has 3 nitrogen and oxygen atoms in total. The quantitative estimate of drug-likeness (QED) is 0.744. The molecule has 2 N–H and O–H groups in total. The summed E-state index contributed by atoms with van der Waals surface area (Å²) in [6, 6.07) is 7.32. The number of hydrogen-bond donors (Lipinski definition) is 1. The first kappa shape index (κ1) is 11.1. The average molecular weight is 219 g/mol. The largest absolute Gasteiger partial charge is 0.493 e. The molecule has 0 aromatic heterocycles. The molecule has 16 heavy (non-hydrogen) atoms. The normalized spacial score (nSPS) is 14.8. The highest BCUT2D eigenvalue weighted by molar-refractivity contribution is 5.96. The van der Waals surface area contributed by atoms with E-state index in [9.17, 15) is 4.79 Å². The maximum Gasteiger partial charge on any atom is 0.164 e. The van der Waals surface area contributed by atoms with E-state index in [-0.39, 0.29) is 5.78 Å². The van der Waals surface area contributed by atoms with E-state index in [0.29, 0.717) is 18.5 Å². The molecule has 1 fully saturated rings. The van der Waals surface area contributed by atoms with Crippen LogP contribution in [0.2, 0.25) is 0 Å². The highest BCUT2D eigenvalue weighted by Gasteiger charge is 2.21. The van der Waals surface area contributed by atoms with E-state index in [4.69, 9.17) is 10.5 Å². The Morgan fingerprint density at radius 1 is 1.31 bits per heavy atom. The molecule has 3 heteroatoms. The molecule has 0 heterocycles. The molecule has 0 amide bonds. The standard InChI is InChI=1S/C13H17NO2/c14-8-7-13(15)11-3-5-12(6-4-11)16-9-10-1-2-10/h3-6,10H,1-2,7-9,14H2. The van der Waals surface area contributed by atoms with E-state index < -0.39 is 0 Å². The molecule has 0 saturated heterocycles. The third-order valence-electron chi connectivity index (χ3n) is 2.73. The molecular formula is C13H17NO2. The van der Waals surface area contributed by atoms with Crippen LogP contribution >= 0.6 is 0 Å². The number of Topliss-reactive ketones (excluding diaryl/α,β-unsaturated/α-hetero) is 1. The van der Waals surface area contributed by atoms with Gasteiger partial charge in [-0.2, -0.15) is 0 Å². The monoisotopic (exact) mass is 219 g/mol. The van der Waals surface area contributed by atoms with Gasteiger partial charge >= 0.3 is 0 Å². The summed E-state index contributed by atoms with van der Waals surface area (Å²) < 4.78 is 5.59. The lowest BCUT2D eigenvalue weighted by Gasteiger charge is -2.05. The zero-order valence-electron chi connectivity index (χ0n) is 9.32. The van der Waals surface area contributed by atoms with E-state index in [0.717, 1.165) is 18.3 Å². The Hall–Kier alpha value is -1.35. The lowest BCUT2D eigenvalue weighted by Crippen LogP contribution is -2.08. The second-order valence-electron chi connectivity index (χ2n) is 4.24. The Kier molecular flexibility index (Phi) is 3.57. The van der Waals surface area contributed by atoms with Gasteiger partial charge in [-0.25, -0.2) is 0 Å². The average Bonchev–Trinajstić information content (AvgIpc) is 3.11. The van der Waals surface area contributed by atoms with Crippen LogP contribution in [0.1, 0.15) is 29.6 Å². The van der Waals surface area contributed by atoms with Gasteiger partial charge in [0.25, 0.3) is 0 Å². The van der Waals surface area contributed by atoms with Gasteiger partial charge < -0.3 is 10.5 Å². The highest BCUT2D eigenvalue weighted by atomic mass is 16.5. The highest BCUT2D eigenvalue weighted by Crippen LogP contribution is 2.29. The van der Waals surface area contributed by atoms with Gasteiger partial charge in [0, 0.05) is 12.0 Å². The van der Waals surface area contributed by atoms with Crippen LogP contribution in [0.4, 0.5) is 0 Å². The number of nitrogens with two attached hydrogens (primary N) is 1. The molecule has 1 aliphatic carbocycles. The molecule has 86 valence electrons. The van der Waals surface area contributed by atoms with Crippen molar-refractivity contribution in [3.05, 3.63) is 29.8 Å². The van der Waals surface area contributed by atoms with Crippen molar-refractivity contribution in [2.24, 2.45) is 11.7 Å². The number of rotatable bonds is 6. The first-order chi connectivity index (χ1) is 7.79.